The highest BCUT2D eigenvalue weighted by molar-refractivity contribution is 6.06. The highest BCUT2D eigenvalue weighted by atomic mass is 16.3. The van der Waals surface area contributed by atoms with Crippen LogP contribution in [0.25, 0.3) is 10.8 Å². The fourth-order valence-electron chi connectivity index (χ4n) is 2.45. The minimum absolute atomic E-state index is 0.0978. The van der Waals surface area contributed by atoms with Crippen molar-refractivity contribution in [2.75, 3.05) is 7.05 Å². The predicted octanol–water partition coefficient (Wildman–Crippen LogP) is 2.93. The standard InChI is InChI=1S/C17H14N6O2/c1-19-17(25)13-7-10-5-3-4-6-12(10)14(15(13)24)21-22-16-11(8-18)9-20-23(16)2/h3-7,9,24H,1-2H3,(H,19,25). The molecule has 1 amide bonds. The second kappa shape index (κ2) is 6.41. The van der Waals surface area contributed by atoms with Crippen LogP contribution in [0.2, 0.25) is 0 Å². The fraction of sp³-hybridized carbons (Fsp3) is 0.118. The SMILES string of the molecule is CNC(=O)c1cc2ccccc2c(N=Nc2c(C#N)cnn2C)c1O. The number of amides is 1. The van der Waals surface area contributed by atoms with Crippen molar-refractivity contribution in [1.82, 2.24) is 15.1 Å². The van der Waals surface area contributed by atoms with Crippen molar-refractivity contribution < 1.29 is 9.90 Å². The minimum atomic E-state index is -0.432. The van der Waals surface area contributed by atoms with Crippen LogP contribution in [0.5, 0.6) is 5.75 Å². The number of aromatic hydroxyl groups is 1. The maximum Gasteiger partial charge on any atom is 0.254 e. The number of benzene rings is 2. The summed E-state index contributed by atoms with van der Waals surface area (Å²) >= 11 is 0. The van der Waals surface area contributed by atoms with Crippen molar-refractivity contribution in [3.63, 3.8) is 0 Å². The van der Waals surface area contributed by atoms with Crippen LogP contribution in [0, 0.1) is 11.3 Å². The van der Waals surface area contributed by atoms with Crippen molar-refractivity contribution in [2.24, 2.45) is 17.3 Å². The van der Waals surface area contributed by atoms with Crippen LogP contribution in [0.3, 0.4) is 0 Å². The van der Waals surface area contributed by atoms with Crippen LogP contribution < -0.4 is 5.32 Å². The Hall–Kier alpha value is -3.73. The van der Waals surface area contributed by atoms with Gasteiger partial charge >= 0.3 is 0 Å². The molecule has 0 aliphatic carbocycles. The average Bonchev–Trinajstić information content (AvgIpc) is 2.99. The number of hydrogen-bond acceptors (Lipinski definition) is 6. The molecule has 25 heavy (non-hydrogen) atoms. The number of azo groups is 1. The van der Waals surface area contributed by atoms with E-state index in [0.29, 0.717) is 5.39 Å². The van der Waals surface area contributed by atoms with Crippen molar-refractivity contribution in [3.8, 4) is 11.8 Å². The van der Waals surface area contributed by atoms with E-state index >= 15 is 0 Å². The lowest BCUT2D eigenvalue weighted by Gasteiger charge is -2.09. The predicted molar refractivity (Wildman–Crippen MR) is 91.1 cm³/mol. The summed E-state index contributed by atoms with van der Waals surface area (Å²) < 4.78 is 1.41. The highest BCUT2D eigenvalue weighted by Gasteiger charge is 2.17. The quantitative estimate of drug-likeness (QED) is 0.716. The first-order valence-corrected chi connectivity index (χ1v) is 7.37. The summed E-state index contributed by atoms with van der Waals surface area (Å²) in [5.74, 6) is -0.447. The zero-order valence-corrected chi connectivity index (χ0v) is 13.6. The first-order valence-electron chi connectivity index (χ1n) is 7.37. The van der Waals surface area contributed by atoms with Crippen LogP contribution in [0.1, 0.15) is 15.9 Å². The number of aryl methyl sites for hydroxylation is 1. The summed E-state index contributed by atoms with van der Waals surface area (Å²) in [6.45, 7) is 0. The topological polar surface area (TPSA) is 116 Å². The molecule has 8 nitrogen and oxygen atoms in total. The molecule has 0 aliphatic rings. The molecule has 8 heteroatoms. The van der Waals surface area contributed by atoms with Crippen molar-refractivity contribution >= 4 is 28.2 Å². The van der Waals surface area contributed by atoms with E-state index in [2.05, 4.69) is 20.6 Å². The van der Waals surface area contributed by atoms with E-state index < -0.39 is 5.91 Å². The molecular weight excluding hydrogens is 320 g/mol. The molecule has 1 aromatic heterocycles. The summed E-state index contributed by atoms with van der Waals surface area (Å²) in [6.07, 6.45) is 1.38. The third-order valence-electron chi connectivity index (χ3n) is 3.74. The third kappa shape index (κ3) is 2.79. The number of carbonyl (C=O) groups excluding carboxylic acids is 1. The Morgan fingerprint density at radius 3 is 2.84 bits per heavy atom. The molecule has 0 spiro atoms. The van der Waals surface area contributed by atoms with Crippen molar-refractivity contribution in [3.05, 3.63) is 47.7 Å². The first-order chi connectivity index (χ1) is 12.1. The molecule has 3 rings (SSSR count). The Bertz CT molecular complexity index is 1050. The van der Waals surface area contributed by atoms with Gasteiger partial charge in [-0.25, -0.2) is 4.68 Å². The molecule has 1 heterocycles. The molecule has 0 saturated heterocycles. The van der Waals surface area contributed by atoms with Crippen molar-refractivity contribution in [2.45, 2.75) is 0 Å². The summed E-state index contributed by atoms with van der Waals surface area (Å²) in [6, 6.07) is 10.8. The molecule has 0 bridgehead atoms. The summed E-state index contributed by atoms with van der Waals surface area (Å²) in [5.41, 5.74) is 0.514. The maximum absolute atomic E-state index is 12.0. The van der Waals surface area contributed by atoms with E-state index in [0.717, 1.165) is 5.39 Å². The van der Waals surface area contributed by atoms with Gasteiger partial charge in [0.2, 0.25) is 0 Å². The van der Waals surface area contributed by atoms with Gasteiger partial charge in [-0.05, 0) is 11.5 Å². The molecule has 0 unspecified atom stereocenters. The molecule has 3 aromatic rings. The lowest BCUT2D eigenvalue weighted by atomic mass is 10.0. The number of nitriles is 1. The Kier molecular flexibility index (Phi) is 4.14. The van der Waals surface area contributed by atoms with Gasteiger partial charge in [-0.3, -0.25) is 4.79 Å². The van der Waals surface area contributed by atoms with Crippen LogP contribution in [0.15, 0.2) is 46.8 Å². The molecule has 0 atom stereocenters. The molecule has 0 saturated carbocycles. The number of phenols is 1. The first kappa shape index (κ1) is 16.1. The van der Waals surface area contributed by atoms with Gasteiger partial charge in [-0.15, -0.1) is 10.2 Å². The van der Waals surface area contributed by atoms with Gasteiger partial charge < -0.3 is 10.4 Å². The number of nitrogens with zero attached hydrogens (tertiary/aromatic N) is 5. The lowest BCUT2D eigenvalue weighted by molar-refractivity contribution is 0.0960. The molecule has 2 aromatic carbocycles. The molecule has 0 aliphatic heterocycles. The smallest absolute Gasteiger partial charge is 0.254 e. The number of nitrogens with one attached hydrogen (secondary N) is 1. The summed E-state index contributed by atoms with van der Waals surface area (Å²) in [7, 11) is 3.11. The van der Waals surface area contributed by atoms with Gasteiger partial charge in [-0.2, -0.15) is 10.4 Å². The van der Waals surface area contributed by atoms with E-state index in [9.17, 15) is 9.90 Å². The van der Waals surface area contributed by atoms with Gasteiger partial charge in [-0.1, -0.05) is 24.3 Å². The number of fused-ring (bicyclic) bond motifs is 1. The normalized spacial score (nSPS) is 10.9. The van der Waals surface area contributed by atoms with Crippen molar-refractivity contribution in [1.29, 1.82) is 5.26 Å². The summed E-state index contributed by atoms with van der Waals surface area (Å²) in [4.78, 5) is 12.0. The van der Waals surface area contributed by atoms with Gasteiger partial charge in [0, 0.05) is 19.5 Å². The Balaban J connectivity index is 2.22. The van der Waals surface area contributed by atoms with Crippen LogP contribution in [0.4, 0.5) is 11.5 Å². The van der Waals surface area contributed by atoms with E-state index in [-0.39, 0.29) is 28.4 Å². The molecule has 124 valence electrons. The Labute approximate surface area is 143 Å². The zero-order valence-electron chi connectivity index (χ0n) is 13.6. The molecule has 0 fully saturated rings. The second-order valence-corrected chi connectivity index (χ2v) is 5.24. The largest absolute Gasteiger partial charge is 0.505 e. The number of aromatic nitrogens is 2. The molecule has 2 N–H and O–H groups in total. The highest BCUT2D eigenvalue weighted by Crippen LogP contribution is 2.39. The van der Waals surface area contributed by atoms with E-state index in [1.54, 1.807) is 25.2 Å². The zero-order chi connectivity index (χ0) is 18.0. The third-order valence-corrected chi connectivity index (χ3v) is 3.74. The van der Waals surface area contributed by atoms with Crippen LogP contribution in [-0.4, -0.2) is 27.8 Å². The minimum Gasteiger partial charge on any atom is -0.505 e. The summed E-state index contributed by atoms with van der Waals surface area (Å²) in [5, 5.41) is 35.6. The molecule has 0 radical (unpaired) electrons. The number of hydrogen-bond donors (Lipinski definition) is 2. The van der Waals surface area contributed by atoms with Gasteiger partial charge in [0.25, 0.3) is 5.91 Å². The maximum atomic E-state index is 12.0. The lowest BCUT2D eigenvalue weighted by Crippen LogP contribution is -2.17. The van der Waals surface area contributed by atoms with Crippen LogP contribution in [-0.2, 0) is 7.05 Å². The molecular formula is C17H14N6O2. The van der Waals surface area contributed by atoms with Gasteiger partial charge in [0.15, 0.2) is 11.6 Å². The van der Waals surface area contributed by atoms with Gasteiger partial charge in [0.05, 0.1) is 11.8 Å². The fourth-order valence-corrected chi connectivity index (χ4v) is 2.45. The Morgan fingerprint density at radius 2 is 2.12 bits per heavy atom. The van der Waals surface area contributed by atoms with Gasteiger partial charge in [0.1, 0.15) is 17.3 Å². The Morgan fingerprint density at radius 1 is 1.36 bits per heavy atom. The number of carbonyl (C=O) groups is 1. The number of phenolic OH excluding ortho intramolecular Hbond substituents is 1. The number of rotatable bonds is 3. The average molecular weight is 334 g/mol. The monoisotopic (exact) mass is 334 g/mol. The van der Waals surface area contributed by atoms with E-state index in [1.807, 2.05) is 18.2 Å². The van der Waals surface area contributed by atoms with E-state index in [1.165, 1.54) is 17.9 Å². The second-order valence-electron chi connectivity index (χ2n) is 5.24. The van der Waals surface area contributed by atoms with E-state index in [4.69, 9.17) is 5.26 Å². The van der Waals surface area contributed by atoms with Crippen LogP contribution >= 0.6 is 0 Å².